The molecule has 22 heavy (non-hydrogen) atoms. The third kappa shape index (κ3) is 5.10. The molecule has 0 heterocycles. The molecule has 5 nitrogen and oxygen atoms in total. The zero-order valence-electron chi connectivity index (χ0n) is 13.8. The molecular weight excluding hydrogens is 300 g/mol. The van der Waals surface area contributed by atoms with E-state index in [-0.39, 0.29) is 16.8 Å². The number of carbonyl (C=O) groups is 1. The van der Waals surface area contributed by atoms with Crippen LogP contribution in [0.3, 0.4) is 0 Å². The molecule has 124 valence electrons. The third-order valence-electron chi connectivity index (χ3n) is 3.23. The first-order valence-corrected chi connectivity index (χ1v) is 9.21. The summed E-state index contributed by atoms with van der Waals surface area (Å²) in [6, 6.07) is 6.02. The molecule has 0 fully saturated rings. The summed E-state index contributed by atoms with van der Waals surface area (Å²) in [5, 5.41) is 0. The molecule has 0 bridgehead atoms. The van der Waals surface area contributed by atoms with Crippen molar-refractivity contribution in [1.82, 2.24) is 9.62 Å². The largest absolute Gasteiger partial charge is 0.339 e. The summed E-state index contributed by atoms with van der Waals surface area (Å²) in [6.07, 6.45) is 1.95. The van der Waals surface area contributed by atoms with E-state index in [0.717, 1.165) is 12.8 Å². The number of amides is 1. The van der Waals surface area contributed by atoms with Crippen LogP contribution in [0.15, 0.2) is 29.2 Å². The quantitative estimate of drug-likeness (QED) is 0.798. The lowest BCUT2D eigenvalue weighted by atomic mass is 10.2. The van der Waals surface area contributed by atoms with Crippen LogP contribution in [-0.4, -0.2) is 38.4 Å². The van der Waals surface area contributed by atoms with Gasteiger partial charge in [-0.25, -0.2) is 13.1 Å². The minimum Gasteiger partial charge on any atom is -0.339 e. The zero-order valence-corrected chi connectivity index (χ0v) is 14.6. The fourth-order valence-corrected chi connectivity index (χ4v) is 3.41. The van der Waals surface area contributed by atoms with Crippen LogP contribution in [-0.2, 0) is 10.0 Å². The third-order valence-corrected chi connectivity index (χ3v) is 4.89. The Balaban J connectivity index is 3.03. The van der Waals surface area contributed by atoms with Crippen molar-refractivity contribution in [2.24, 2.45) is 0 Å². The van der Waals surface area contributed by atoms with Crippen molar-refractivity contribution in [3.63, 3.8) is 0 Å². The summed E-state index contributed by atoms with van der Waals surface area (Å²) in [6.45, 7) is 8.82. The number of hydrogen-bond acceptors (Lipinski definition) is 3. The van der Waals surface area contributed by atoms with E-state index in [1.54, 1.807) is 30.9 Å². The van der Waals surface area contributed by atoms with Gasteiger partial charge in [0.25, 0.3) is 5.91 Å². The monoisotopic (exact) mass is 326 g/mol. The fourth-order valence-electron chi connectivity index (χ4n) is 2.11. The van der Waals surface area contributed by atoms with Gasteiger partial charge in [-0.2, -0.15) is 0 Å². The maximum atomic E-state index is 12.5. The molecule has 1 rings (SSSR count). The maximum absolute atomic E-state index is 12.5. The van der Waals surface area contributed by atoms with Crippen molar-refractivity contribution in [1.29, 1.82) is 0 Å². The number of rotatable bonds is 8. The molecule has 0 aromatic heterocycles. The highest BCUT2D eigenvalue weighted by Gasteiger charge is 2.19. The molecule has 0 atom stereocenters. The van der Waals surface area contributed by atoms with Gasteiger partial charge in [0.15, 0.2) is 0 Å². The van der Waals surface area contributed by atoms with Crippen LogP contribution in [0.1, 0.15) is 50.9 Å². The van der Waals surface area contributed by atoms with Gasteiger partial charge in [-0.1, -0.05) is 19.4 Å². The summed E-state index contributed by atoms with van der Waals surface area (Å²) in [5.74, 6) is -0.127. The fraction of sp³-hybridized carbons (Fsp3) is 0.562. The Morgan fingerprint density at radius 1 is 1.27 bits per heavy atom. The highest BCUT2D eigenvalue weighted by Crippen LogP contribution is 2.14. The second-order valence-corrected chi connectivity index (χ2v) is 7.26. The summed E-state index contributed by atoms with van der Waals surface area (Å²) >= 11 is 0. The van der Waals surface area contributed by atoms with Crippen LogP contribution >= 0.6 is 0 Å². The topological polar surface area (TPSA) is 66.5 Å². The van der Waals surface area contributed by atoms with Gasteiger partial charge in [0.05, 0.1) is 4.90 Å². The Labute approximate surface area is 133 Å². The van der Waals surface area contributed by atoms with E-state index in [4.69, 9.17) is 0 Å². The van der Waals surface area contributed by atoms with Gasteiger partial charge >= 0.3 is 0 Å². The molecule has 1 aromatic rings. The molecular formula is C16H26N2O3S. The van der Waals surface area contributed by atoms with Crippen LogP contribution in [0.25, 0.3) is 0 Å². The number of hydrogen-bond donors (Lipinski definition) is 1. The first kappa shape index (κ1) is 18.6. The average molecular weight is 326 g/mol. The summed E-state index contributed by atoms with van der Waals surface area (Å²) in [7, 11) is -3.59. The minimum absolute atomic E-state index is 0.124. The lowest BCUT2D eigenvalue weighted by molar-refractivity contribution is 0.0762. The van der Waals surface area contributed by atoms with Crippen LogP contribution in [0.4, 0.5) is 0 Å². The summed E-state index contributed by atoms with van der Waals surface area (Å²) in [5.41, 5.74) is 0.407. The number of carbonyl (C=O) groups excluding carboxylic acids is 1. The van der Waals surface area contributed by atoms with Crippen LogP contribution in [0.2, 0.25) is 0 Å². The van der Waals surface area contributed by atoms with Crippen molar-refractivity contribution < 1.29 is 13.2 Å². The van der Waals surface area contributed by atoms with E-state index in [0.29, 0.717) is 18.7 Å². The Kier molecular flexibility index (Phi) is 7.03. The van der Waals surface area contributed by atoms with Gasteiger partial charge in [-0.05, 0) is 45.4 Å². The molecule has 0 radical (unpaired) electrons. The molecule has 0 saturated heterocycles. The zero-order chi connectivity index (χ0) is 16.8. The van der Waals surface area contributed by atoms with Crippen LogP contribution in [0.5, 0.6) is 0 Å². The Morgan fingerprint density at radius 2 is 1.95 bits per heavy atom. The predicted molar refractivity (Wildman–Crippen MR) is 88.4 cm³/mol. The van der Waals surface area contributed by atoms with Gasteiger partial charge in [0, 0.05) is 24.7 Å². The molecule has 1 amide bonds. The molecule has 0 aliphatic carbocycles. The van der Waals surface area contributed by atoms with Crippen molar-refractivity contribution in [3.05, 3.63) is 29.8 Å². The van der Waals surface area contributed by atoms with E-state index in [1.165, 1.54) is 12.1 Å². The van der Waals surface area contributed by atoms with Crippen LogP contribution in [0, 0.1) is 0 Å². The van der Waals surface area contributed by atoms with E-state index in [2.05, 4.69) is 11.6 Å². The number of sulfonamides is 1. The van der Waals surface area contributed by atoms with Crippen molar-refractivity contribution in [2.45, 2.75) is 51.5 Å². The van der Waals surface area contributed by atoms with Gasteiger partial charge in [0.1, 0.15) is 0 Å². The molecule has 6 heteroatoms. The highest BCUT2D eigenvalue weighted by atomic mass is 32.2. The number of nitrogens with zero attached hydrogens (tertiary/aromatic N) is 1. The standard InChI is InChI=1S/C16H26N2O3S/c1-5-7-11-18(6-2)16(19)14-9-8-10-15(12-14)22(20,21)17-13(3)4/h8-10,12-13,17H,5-7,11H2,1-4H3. The van der Waals surface area contributed by atoms with Gasteiger partial charge < -0.3 is 4.90 Å². The van der Waals surface area contributed by atoms with E-state index in [1.807, 2.05) is 6.92 Å². The maximum Gasteiger partial charge on any atom is 0.253 e. The highest BCUT2D eigenvalue weighted by molar-refractivity contribution is 7.89. The van der Waals surface area contributed by atoms with Crippen molar-refractivity contribution in [3.8, 4) is 0 Å². The molecule has 0 unspecified atom stereocenters. The summed E-state index contributed by atoms with van der Waals surface area (Å²) < 4.78 is 26.9. The molecule has 0 aliphatic heterocycles. The normalized spacial score (nSPS) is 11.7. The van der Waals surface area contributed by atoms with Crippen molar-refractivity contribution >= 4 is 15.9 Å². The van der Waals surface area contributed by atoms with E-state index in [9.17, 15) is 13.2 Å². The molecule has 1 aromatic carbocycles. The summed E-state index contributed by atoms with van der Waals surface area (Å²) in [4.78, 5) is 14.4. The Morgan fingerprint density at radius 3 is 2.50 bits per heavy atom. The van der Waals surface area contributed by atoms with E-state index >= 15 is 0 Å². The molecule has 0 saturated carbocycles. The SMILES string of the molecule is CCCCN(CC)C(=O)c1cccc(S(=O)(=O)NC(C)C)c1. The number of unbranched alkanes of at least 4 members (excludes halogenated alkanes) is 1. The smallest absolute Gasteiger partial charge is 0.253 e. The van der Waals surface area contributed by atoms with Gasteiger partial charge in [0.2, 0.25) is 10.0 Å². The number of benzene rings is 1. The first-order valence-electron chi connectivity index (χ1n) is 7.73. The van der Waals surface area contributed by atoms with Gasteiger partial charge in [-0.15, -0.1) is 0 Å². The molecule has 1 N–H and O–H groups in total. The van der Waals surface area contributed by atoms with Crippen LogP contribution < -0.4 is 4.72 Å². The first-order chi connectivity index (χ1) is 10.3. The van der Waals surface area contributed by atoms with Crippen molar-refractivity contribution in [2.75, 3.05) is 13.1 Å². The minimum atomic E-state index is -3.59. The van der Waals surface area contributed by atoms with Gasteiger partial charge in [-0.3, -0.25) is 4.79 Å². The number of nitrogens with one attached hydrogen (secondary N) is 1. The second kappa shape index (κ2) is 8.29. The molecule has 0 aliphatic rings. The predicted octanol–water partition coefficient (Wildman–Crippen LogP) is 2.64. The lowest BCUT2D eigenvalue weighted by Gasteiger charge is -2.21. The Hall–Kier alpha value is -1.40. The lowest BCUT2D eigenvalue weighted by Crippen LogP contribution is -2.32. The molecule has 0 spiro atoms. The van der Waals surface area contributed by atoms with E-state index < -0.39 is 10.0 Å². The average Bonchev–Trinajstić information content (AvgIpc) is 2.46. The second-order valence-electron chi connectivity index (χ2n) is 5.54. The Bertz CT molecular complexity index is 597.